The van der Waals surface area contributed by atoms with Gasteiger partial charge in [-0.25, -0.2) is 4.68 Å². The lowest BCUT2D eigenvalue weighted by Gasteiger charge is -2.38. The Bertz CT molecular complexity index is 1940. The largest absolute Gasteiger partial charge is 0.416 e. The molecular formula is C37H37F3N6O4. The van der Waals surface area contributed by atoms with E-state index in [-0.39, 0.29) is 24.1 Å². The fourth-order valence-corrected chi connectivity index (χ4v) is 6.36. The number of hydrogen-bond donors (Lipinski definition) is 2. The number of ether oxygens (including phenoxy) is 1. The summed E-state index contributed by atoms with van der Waals surface area (Å²) in [5.41, 5.74) is 2.10. The van der Waals surface area contributed by atoms with Crippen LogP contribution in [0.15, 0.2) is 91.0 Å². The van der Waals surface area contributed by atoms with Gasteiger partial charge < -0.3 is 15.4 Å². The van der Waals surface area contributed by atoms with Crippen LogP contribution in [0.3, 0.4) is 0 Å². The number of aryl methyl sites for hydroxylation is 1. The van der Waals surface area contributed by atoms with Crippen LogP contribution in [0, 0.1) is 6.92 Å². The molecule has 2 aliphatic heterocycles. The number of fused-ring (bicyclic) bond motifs is 1. The number of carbonyl (C=O) groups excluding carboxylic acids is 3. The molecule has 3 amide bonds. The Balaban J connectivity index is 1.40. The van der Waals surface area contributed by atoms with Crippen molar-refractivity contribution in [1.29, 1.82) is 0 Å². The minimum Gasteiger partial charge on any atom is -0.378 e. The van der Waals surface area contributed by atoms with E-state index in [1.54, 1.807) is 42.8 Å². The van der Waals surface area contributed by atoms with E-state index in [2.05, 4.69) is 17.2 Å². The molecular weight excluding hydrogens is 649 g/mol. The standard InChI is InChI=1S/C37H37F3N6O4/c1-5-45-35-30(23(3)43-46(35)28-15-7-6-8-16-28)31(32(36(45)49)42-34(48)25-12-9-13-26(17-25)37(38,39)40)24-11-10-14-27(18-24)41-33(47)22(2)19-44(4)29-20-50-21-29/h6-18,29,31-32H,2,5,19-21H2,1,3-4H3,(H,41,47)(H,42,48)/t31-,32+/m0/s1. The number of nitrogens with zero attached hydrogens (tertiary/aromatic N) is 4. The van der Waals surface area contributed by atoms with Crippen molar-refractivity contribution in [2.24, 2.45) is 0 Å². The highest BCUT2D eigenvalue weighted by molar-refractivity contribution is 6.06. The van der Waals surface area contributed by atoms with Crippen molar-refractivity contribution in [2.45, 2.75) is 38.0 Å². The lowest BCUT2D eigenvalue weighted by Crippen LogP contribution is -2.55. The summed E-state index contributed by atoms with van der Waals surface area (Å²) < 4.78 is 47.5. The predicted molar refractivity (Wildman–Crippen MR) is 182 cm³/mol. The van der Waals surface area contributed by atoms with Crippen LogP contribution < -0.4 is 15.5 Å². The number of carbonyl (C=O) groups is 3. The van der Waals surface area contributed by atoms with Crippen molar-refractivity contribution in [3.05, 3.63) is 119 Å². The minimum absolute atomic E-state index is 0.215. The number of amides is 3. The molecule has 2 atom stereocenters. The number of rotatable bonds is 10. The zero-order valence-corrected chi connectivity index (χ0v) is 27.8. The SMILES string of the molecule is C=C(CN(C)C1COC1)C(=O)Nc1cccc([C@H]2c3c(C)nn(-c4ccccc4)c3N(CC)C(=O)[C@@H]2NC(=O)c2cccc(C(F)(F)F)c2)c1. The second kappa shape index (κ2) is 13.9. The molecule has 13 heteroatoms. The molecule has 4 aromatic rings. The first kappa shape index (κ1) is 34.6. The Morgan fingerprint density at radius 3 is 2.42 bits per heavy atom. The molecule has 3 heterocycles. The molecule has 2 aliphatic rings. The monoisotopic (exact) mass is 686 g/mol. The van der Waals surface area contributed by atoms with Gasteiger partial charge in [0, 0.05) is 41.4 Å². The lowest BCUT2D eigenvalue weighted by atomic mass is 9.81. The van der Waals surface area contributed by atoms with Gasteiger partial charge in [0.05, 0.1) is 36.2 Å². The third-order valence-electron chi connectivity index (χ3n) is 9.08. The fourth-order valence-electron chi connectivity index (χ4n) is 6.36. The average Bonchev–Trinajstić information content (AvgIpc) is 3.40. The number of hydrogen-bond acceptors (Lipinski definition) is 6. The van der Waals surface area contributed by atoms with Gasteiger partial charge in [-0.2, -0.15) is 18.3 Å². The van der Waals surface area contributed by atoms with E-state index in [0.29, 0.717) is 59.3 Å². The Labute approximate surface area is 287 Å². The van der Waals surface area contributed by atoms with Crippen LogP contribution in [-0.4, -0.2) is 77.8 Å². The molecule has 2 N–H and O–H groups in total. The van der Waals surface area contributed by atoms with E-state index < -0.39 is 35.5 Å². The molecule has 0 aliphatic carbocycles. The maximum atomic E-state index is 14.4. The van der Waals surface area contributed by atoms with E-state index in [1.165, 1.54) is 11.0 Å². The summed E-state index contributed by atoms with van der Waals surface area (Å²) in [7, 11) is 1.90. The highest BCUT2D eigenvalue weighted by Gasteiger charge is 2.46. The van der Waals surface area contributed by atoms with Gasteiger partial charge in [0.2, 0.25) is 0 Å². The zero-order chi connectivity index (χ0) is 35.7. The second-order valence-corrected chi connectivity index (χ2v) is 12.4. The van der Waals surface area contributed by atoms with Gasteiger partial charge in [-0.1, -0.05) is 43.0 Å². The number of aromatic nitrogens is 2. The van der Waals surface area contributed by atoms with Crippen LogP contribution in [0.2, 0.25) is 0 Å². The summed E-state index contributed by atoms with van der Waals surface area (Å²) in [6.07, 6.45) is -4.66. The molecule has 6 rings (SSSR count). The van der Waals surface area contributed by atoms with Crippen molar-refractivity contribution in [1.82, 2.24) is 20.0 Å². The van der Waals surface area contributed by atoms with Crippen molar-refractivity contribution >= 4 is 29.2 Å². The number of benzene rings is 3. The molecule has 0 bridgehead atoms. The van der Waals surface area contributed by atoms with E-state index >= 15 is 0 Å². The number of halogens is 3. The van der Waals surface area contributed by atoms with E-state index in [9.17, 15) is 27.6 Å². The molecule has 10 nitrogen and oxygen atoms in total. The van der Waals surface area contributed by atoms with Crippen LogP contribution in [0.1, 0.15) is 45.6 Å². The molecule has 1 saturated heterocycles. The molecule has 1 fully saturated rings. The molecule has 0 saturated carbocycles. The zero-order valence-electron chi connectivity index (χ0n) is 27.8. The predicted octanol–water partition coefficient (Wildman–Crippen LogP) is 5.32. The first-order chi connectivity index (χ1) is 23.9. The van der Waals surface area contributed by atoms with Gasteiger partial charge in [0.1, 0.15) is 11.9 Å². The molecule has 0 spiro atoms. The molecule has 0 unspecified atom stereocenters. The molecule has 260 valence electrons. The molecule has 3 aromatic carbocycles. The number of nitrogens with one attached hydrogen (secondary N) is 2. The molecule has 1 aromatic heterocycles. The summed E-state index contributed by atoms with van der Waals surface area (Å²) in [5, 5.41) is 10.5. The van der Waals surface area contributed by atoms with Gasteiger partial charge in [-0.3, -0.25) is 24.2 Å². The Morgan fingerprint density at radius 2 is 1.76 bits per heavy atom. The second-order valence-electron chi connectivity index (χ2n) is 12.4. The quantitative estimate of drug-likeness (QED) is 0.219. The highest BCUT2D eigenvalue weighted by atomic mass is 19.4. The maximum absolute atomic E-state index is 14.4. The summed E-state index contributed by atoms with van der Waals surface area (Å²) in [6, 6.07) is 19.3. The third-order valence-corrected chi connectivity index (χ3v) is 9.08. The maximum Gasteiger partial charge on any atom is 0.416 e. The average molecular weight is 687 g/mol. The Hall–Kier alpha value is -5.27. The van der Waals surface area contributed by atoms with Gasteiger partial charge in [-0.15, -0.1) is 0 Å². The molecule has 50 heavy (non-hydrogen) atoms. The summed E-state index contributed by atoms with van der Waals surface area (Å²) in [6.45, 7) is 9.32. The first-order valence-corrected chi connectivity index (χ1v) is 16.2. The third kappa shape index (κ3) is 6.78. The summed E-state index contributed by atoms with van der Waals surface area (Å²) >= 11 is 0. The van der Waals surface area contributed by atoms with Crippen molar-refractivity contribution in [3.8, 4) is 5.69 Å². The Morgan fingerprint density at radius 1 is 1.04 bits per heavy atom. The number of para-hydroxylation sites is 1. The number of alkyl halides is 3. The lowest BCUT2D eigenvalue weighted by molar-refractivity contribution is -0.137. The fraction of sp³-hybridized carbons (Fsp3) is 0.297. The van der Waals surface area contributed by atoms with E-state index in [4.69, 9.17) is 9.84 Å². The van der Waals surface area contributed by atoms with Crippen molar-refractivity contribution < 1.29 is 32.3 Å². The van der Waals surface area contributed by atoms with Crippen molar-refractivity contribution in [2.75, 3.05) is 43.6 Å². The van der Waals surface area contributed by atoms with Crippen LogP contribution in [-0.2, 0) is 20.5 Å². The topological polar surface area (TPSA) is 109 Å². The highest BCUT2D eigenvalue weighted by Crippen LogP contribution is 2.44. The summed E-state index contributed by atoms with van der Waals surface area (Å²) in [4.78, 5) is 44.8. The van der Waals surface area contributed by atoms with E-state index in [0.717, 1.165) is 18.2 Å². The molecule has 0 radical (unpaired) electrons. The van der Waals surface area contributed by atoms with Crippen LogP contribution in [0.4, 0.5) is 24.7 Å². The van der Waals surface area contributed by atoms with Gasteiger partial charge >= 0.3 is 6.18 Å². The number of anilines is 2. The normalized spacial score (nSPS) is 17.7. The van der Waals surface area contributed by atoms with E-state index in [1.807, 2.05) is 42.3 Å². The number of likely N-dealkylation sites (N-methyl/N-ethyl adjacent to an activating group) is 2. The van der Waals surface area contributed by atoms with Gasteiger partial charge in [0.15, 0.2) is 0 Å². The van der Waals surface area contributed by atoms with Crippen LogP contribution in [0.5, 0.6) is 0 Å². The Kier molecular flexibility index (Phi) is 9.63. The van der Waals surface area contributed by atoms with Crippen LogP contribution >= 0.6 is 0 Å². The van der Waals surface area contributed by atoms with Crippen molar-refractivity contribution in [3.63, 3.8) is 0 Å². The summed E-state index contributed by atoms with van der Waals surface area (Å²) in [5.74, 6) is -1.99. The van der Waals surface area contributed by atoms with Gasteiger partial charge in [0.25, 0.3) is 17.7 Å². The first-order valence-electron chi connectivity index (χ1n) is 16.2. The van der Waals surface area contributed by atoms with Crippen LogP contribution in [0.25, 0.3) is 5.69 Å². The minimum atomic E-state index is -4.66. The smallest absolute Gasteiger partial charge is 0.378 e. The van der Waals surface area contributed by atoms with Gasteiger partial charge in [-0.05, 0) is 68.9 Å².